The molecule has 0 saturated carbocycles. The molecule has 0 aliphatic carbocycles. The van der Waals surface area contributed by atoms with E-state index in [1.807, 2.05) is 0 Å². The van der Waals surface area contributed by atoms with Crippen LogP contribution in [0.2, 0.25) is 0 Å². The van der Waals surface area contributed by atoms with Gasteiger partial charge >= 0.3 is 0 Å². The number of rotatable bonds is 5. The average molecular weight is 389 g/mol. The van der Waals surface area contributed by atoms with E-state index in [0.29, 0.717) is 10.0 Å². The number of hydrogen-bond donors (Lipinski definition) is 2. The Kier molecular flexibility index (Phi) is 5.15. The van der Waals surface area contributed by atoms with E-state index in [0.717, 1.165) is 16.9 Å². The van der Waals surface area contributed by atoms with Crippen LogP contribution in [-0.2, 0) is 16.6 Å². The van der Waals surface area contributed by atoms with Crippen LogP contribution in [0.3, 0.4) is 0 Å². The van der Waals surface area contributed by atoms with Gasteiger partial charge in [-0.3, -0.25) is 4.79 Å². The summed E-state index contributed by atoms with van der Waals surface area (Å²) in [7, 11) is -1.98. The highest BCUT2D eigenvalue weighted by Crippen LogP contribution is 2.27. The van der Waals surface area contributed by atoms with Crippen LogP contribution in [-0.4, -0.2) is 21.4 Å². The Labute approximate surface area is 135 Å². The zero-order chi connectivity index (χ0) is 15.5. The van der Waals surface area contributed by atoms with Crippen molar-refractivity contribution < 1.29 is 13.2 Å². The second kappa shape index (κ2) is 6.69. The molecule has 0 bridgehead atoms. The van der Waals surface area contributed by atoms with E-state index in [1.165, 1.54) is 0 Å². The number of halogens is 1. The molecule has 0 atom stereocenters. The topological polar surface area (TPSA) is 75.3 Å². The maximum Gasteiger partial charge on any atom is 0.251 e. The van der Waals surface area contributed by atoms with Crippen LogP contribution < -0.4 is 10.0 Å². The quantitative estimate of drug-likeness (QED) is 0.825. The van der Waals surface area contributed by atoms with Crippen LogP contribution in [0.25, 0.3) is 0 Å². The van der Waals surface area contributed by atoms with E-state index in [1.54, 1.807) is 42.8 Å². The van der Waals surface area contributed by atoms with Gasteiger partial charge in [-0.15, -0.1) is 11.3 Å². The molecule has 2 rings (SSSR count). The zero-order valence-electron chi connectivity index (χ0n) is 11.1. The molecule has 112 valence electrons. The number of carbonyl (C=O) groups excluding carboxylic acids is 1. The van der Waals surface area contributed by atoms with Crippen molar-refractivity contribution in [2.45, 2.75) is 10.8 Å². The molecule has 2 aromatic rings. The van der Waals surface area contributed by atoms with Gasteiger partial charge in [-0.1, -0.05) is 12.1 Å². The van der Waals surface area contributed by atoms with Gasteiger partial charge in [0.1, 0.15) is 4.21 Å². The lowest BCUT2D eigenvalue weighted by atomic mass is 10.1. The molecule has 0 aliphatic rings. The smallest absolute Gasteiger partial charge is 0.251 e. The maximum atomic E-state index is 12.1. The molecule has 1 aromatic carbocycles. The third-order valence-corrected chi connectivity index (χ3v) is 6.81. The molecule has 1 aromatic heterocycles. The average Bonchev–Trinajstić information content (AvgIpc) is 2.92. The first-order chi connectivity index (χ1) is 9.94. The lowest BCUT2D eigenvalue weighted by molar-refractivity contribution is 0.0963. The summed E-state index contributed by atoms with van der Waals surface area (Å²) in [6.45, 7) is 0.167. The Bertz CT molecular complexity index is 739. The van der Waals surface area contributed by atoms with Crippen LogP contribution in [0.1, 0.15) is 15.9 Å². The molecule has 2 N–H and O–H groups in total. The van der Waals surface area contributed by atoms with Gasteiger partial charge in [0.15, 0.2) is 0 Å². The van der Waals surface area contributed by atoms with E-state index in [-0.39, 0.29) is 16.7 Å². The zero-order valence-corrected chi connectivity index (χ0v) is 14.3. The summed E-state index contributed by atoms with van der Waals surface area (Å²) in [6, 6.07) is 8.44. The van der Waals surface area contributed by atoms with E-state index in [4.69, 9.17) is 0 Å². The molecule has 0 fully saturated rings. The van der Waals surface area contributed by atoms with E-state index >= 15 is 0 Å². The molecule has 1 heterocycles. The van der Waals surface area contributed by atoms with Gasteiger partial charge < -0.3 is 5.32 Å². The molecule has 0 radical (unpaired) electrons. The number of nitrogens with one attached hydrogen (secondary N) is 2. The number of carbonyl (C=O) groups is 1. The number of benzene rings is 1. The highest BCUT2D eigenvalue weighted by molar-refractivity contribution is 9.10. The molecule has 21 heavy (non-hydrogen) atoms. The SMILES string of the molecule is CNC(=O)c1ccc(CNS(=O)(=O)c2sccc2Br)cc1. The summed E-state index contributed by atoms with van der Waals surface area (Å²) in [5.41, 5.74) is 1.31. The number of hydrogen-bond acceptors (Lipinski definition) is 4. The summed E-state index contributed by atoms with van der Waals surface area (Å²) in [5, 5.41) is 4.23. The summed E-state index contributed by atoms with van der Waals surface area (Å²) < 4.78 is 27.6. The molecule has 0 spiro atoms. The normalized spacial score (nSPS) is 11.3. The van der Waals surface area contributed by atoms with E-state index in [2.05, 4.69) is 26.0 Å². The Morgan fingerprint density at radius 3 is 2.43 bits per heavy atom. The minimum absolute atomic E-state index is 0.167. The summed E-state index contributed by atoms with van der Waals surface area (Å²) >= 11 is 4.36. The maximum absolute atomic E-state index is 12.1. The molecule has 0 aliphatic heterocycles. The fourth-order valence-corrected chi connectivity index (χ4v) is 5.03. The number of sulfonamides is 1. The van der Waals surface area contributed by atoms with Crippen molar-refractivity contribution in [3.63, 3.8) is 0 Å². The highest BCUT2D eigenvalue weighted by atomic mass is 79.9. The van der Waals surface area contributed by atoms with Crippen LogP contribution in [0.5, 0.6) is 0 Å². The third kappa shape index (κ3) is 3.91. The molecule has 1 amide bonds. The van der Waals surface area contributed by atoms with Crippen LogP contribution in [0.4, 0.5) is 0 Å². The lowest BCUT2D eigenvalue weighted by Gasteiger charge is -2.06. The summed E-state index contributed by atoms with van der Waals surface area (Å²) in [6.07, 6.45) is 0. The van der Waals surface area contributed by atoms with Crippen molar-refractivity contribution in [3.8, 4) is 0 Å². The van der Waals surface area contributed by atoms with Gasteiger partial charge in [-0.05, 0) is 45.1 Å². The Hall–Kier alpha value is -1.22. The largest absolute Gasteiger partial charge is 0.355 e. The van der Waals surface area contributed by atoms with Crippen LogP contribution in [0.15, 0.2) is 44.4 Å². The number of thiophene rings is 1. The van der Waals surface area contributed by atoms with Gasteiger partial charge in [0, 0.05) is 23.6 Å². The van der Waals surface area contributed by atoms with Gasteiger partial charge in [0.2, 0.25) is 0 Å². The van der Waals surface area contributed by atoms with Gasteiger partial charge in [-0.2, -0.15) is 0 Å². The van der Waals surface area contributed by atoms with Gasteiger partial charge in [0.25, 0.3) is 15.9 Å². The monoisotopic (exact) mass is 388 g/mol. The van der Waals surface area contributed by atoms with Crippen molar-refractivity contribution in [1.29, 1.82) is 0 Å². The van der Waals surface area contributed by atoms with E-state index in [9.17, 15) is 13.2 Å². The molecule has 8 heteroatoms. The van der Waals surface area contributed by atoms with E-state index < -0.39 is 10.0 Å². The first kappa shape index (κ1) is 16.2. The Balaban J connectivity index is 2.06. The third-order valence-electron chi connectivity index (χ3n) is 2.74. The highest BCUT2D eigenvalue weighted by Gasteiger charge is 2.18. The molecule has 5 nitrogen and oxygen atoms in total. The minimum atomic E-state index is -3.53. The fraction of sp³-hybridized carbons (Fsp3) is 0.154. The van der Waals surface area contributed by atoms with Crippen molar-refractivity contribution in [1.82, 2.24) is 10.0 Å². The fourth-order valence-electron chi connectivity index (χ4n) is 1.63. The van der Waals surface area contributed by atoms with Crippen molar-refractivity contribution in [2.75, 3.05) is 7.05 Å². The molecular formula is C13H13BrN2O3S2. The predicted molar refractivity (Wildman–Crippen MR) is 85.9 cm³/mol. The summed E-state index contributed by atoms with van der Waals surface area (Å²) in [4.78, 5) is 11.4. The van der Waals surface area contributed by atoms with Gasteiger partial charge in [-0.25, -0.2) is 13.1 Å². The second-order valence-electron chi connectivity index (χ2n) is 4.16. The van der Waals surface area contributed by atoms with Crippen molar-refractivity contribution in [2.24, 2.45) is 0 Å². The first-order valence-corrected chi connectivity index (χ1v) is 9.13. The predicted octanol–water partition coefficient (Wildman–Crippen LogP) is 2.35. The molecule has 0 saturated heterocycles. The molecule has 0 unspecified atom stereocenters. The summed E-state index contributed by atoms with van der Waals surface area (Å²) in [5.74, 6) is -0.176. The minimum Gasteiger partial charge on any atom is -0.355 e. The van der Waals surface area contributed by atoms with Crippen LogP contribution >= 0.6 is 27.3 Å². The molecular weight excluding hydrogens is 376 g/mol. The Morgan fingerprint density at radius 2 is 1.90 bits per heavy atom. The standard InChI is InChI=1S/C13H13BrN2O3S2/c1-15-12(17)10-4-2-9(3-5-10)8-16-21(18,19)13-11(14)6-7-20-13/h2-7,16H,8H2,1H3,(H,15,17). The van der Waals surface area contributed by atoms with Crippen LogP contribution in [0, 0.1) is 0 Å². The van der Waals surface area contributed by atoms with Crippen molar-refractivity contribution >= 4 is 43.2 Å². The second-order valence-corrected chi connectivity index (χ2v) is 7.89. The van der Waals surface area contributed by atoms with Crippen molar-refractivity contribution in [3.05, 3.63) is 51.3 Å². The number of amides is 1. The lowest BCUT2D eigenvalue weighted by Crippen LogP contribution is -2.23. The Morgan fingerprint density at radius 1 is 1.24 bits per heavy atom. The first-order valence-electron chi connectivity index (χ1n) is 5.97. The van der Waals surface area contributed by atoms with Gasteiger partial charge in [0.05, 0.1) is 0 Å².